The SMILES string of the molecule is CN1CCC(CN(C)C(=O)C2CNCCN2)CC1. The van der Waals surface area contributed by atoms with Crippen molar-refractivity contribution in [1.82, 2.24) is 20.4 Å². The van der Waals surface area contributed by atoms with Crippen LogP contribution in [0.2, 0.25) is 0 Å². The number of piperazine rings is 1. The van der Waals surface area contributed by atoms with Crippen LogP contribution in [0, 0.1) is 5.92 Å². The van der Waals surface area contributed by atoms with Gasteiger partial charge in [-0.2, -0.15) is 0 Å². The van der Waals surface area contributed by atoms with Gasteiger partial charge in [0.25, 0.3) is 0 Å². The van der Waals surface area contributed by atoms with E-state index in [4.69, 9.17) is 0 Å². The molecule has 0 spiro atoms. The summed E-state index contributed by atoms with van der Waals surface area (Å²) in [6, 6.07) is -0.0324. The van der Waals surface area contributed by atoms with Crippen LogP contribution in [0.1, 0.15) is 12.8 Å². The molecule has 104 valence electrons. The Hall–Kier alpha value is -0.650. The molecule has 0 bridgehead atoms. The minimum absolute atomic E-state index is 0.0324. The number of rotatable bonds is 3. The fourth-order valence-corrected chi connectivity index (χ4v) is 2.82. The molecule has 0 radical (unpaired) electrons. The standard InChI is InChI=1S/C13H26N4O/c1-16-7-3-11(4-8-16)10-17(2)13(18)12-9-14-5-6-15-12/h11-12,14-15H,3-10H2,1-2H3. The van der Waals surface area contributed by atoms with Gasteiger partial charge in [-0.05, 0) is 38.9 Å². The van der Waals surface area contributed by atoms with Crippen LogP contribution in [0.4, 0.5) is 0 Å². The van der Waals surface area contributed by atoms with E-state index >= 15 is 0 Å². The molecule has 2 saturated heterocycles. The van der Waals surface area contributed by atoms with Crippen LogP contribution in [0.25, 0.3) is 0 Å². The lowest BCUT2D eigenvalue weighted by Gasteiger charge is -2.33. The zero-order chi connectivity index (χ0) is 13.0. The zero-order valence-electron chi connectivity index (χ0n) is 11.6. The second-order valence-corrected chi connectivity index (χ2v) is 5.68. The van der Waals surface area contributed by atoms with Crippen molar-refractivity contribution in [2.45, 2.75) is 18.9 Å². The maximum Gasteiger partial charge on any atom is 0.240 e. The summed E-state index contributed by atoms with van der Waals surface area (Å²) in [6.07, 6.45) is 2.43. The Morgan fingerprint density at radius 1 is 1.33 bits per heavy atom. The highest BCUT2D eigenvalue weighted by Crippen LogP contribution is 2.17. The maximum atomic E-state index is 12.2. The van der Waals surface area contributed by atoms with E-state index in [1.165, 1.54) is 12.8 Å². The summed E-state index contributed by atoms with van der Waals surface area (Å²) >= 11 is 0. The first-order valence-electron chi connectivity index (χ1n) is 7.04. The molecule has 2 N–H and O–H groups in total. The molecular formula is C13H26N4O. The van der Waals surface area contributed by atoms with Gasteiger partial charge in [0.05, 0.1) is 6.04 Å². The molecule has 0 aromatic carbocycles. The second kappa shape index (κ2) is 6.50. The molecule has 2 heterocycles. The van der Waals surface area contributed by atoms with E-state index in [1.54, 1.807) is 0 Å². The monoisotopic (exact) mass is 254 g/mol. The molecule has 0 saturated carbocycles. The minimum atomic E-state index is -0.0324. The van der Waals surface area contributed by atoms with E-state index in [-0.39, 0.29) is 11.9 Å². The molecule has 0 aliphatic carbocycles. The Balaban J connectivity index is 1.76. The van der Waals surface area contributed by atoms with Crippen LogP contribution >= 0.6 is 0 Å². The summed E-state index contributed by atoms with van der Waals surface area (Å²) in [5.41, 5.74) is 0. The summed E-state index contributed by atoms with van der Waals surface area (Å²) in [4.78, 5) is 16.5. The third kappa shape index (κ3) is 3.67. The van der Waals surface area contributed by atoms with E-state index in [9.17, 15) is 4.79 Å². The van der Waals surface area contributed by atoms with E-state index in [0.29, 0.717) is 5.92 Å². The number of likely N-dealkylation sites (N-methyl/N-ethyl adjacent to an activating group) is 1. The van der Waals surface area contributed by atoms with Crippen LogP contribution in [0.5, 0.6) is 0 Å². The molecular weight excluding hydrogens is 228 g/mol. The van der Waals surface area contributed by atoms with Crippen molar-refractivity contribution in [2.24, 2.45) is 5.92 Å². The number of piperidine rings is 1. The first-order chi connectivity index (χ1) is 8.66. The number of amides is 1. The molecule has 1 unspecified atom stereocenters. The molecule has 18 heavy (non-hydrogen) atoms. The second-order valence-electron chi connectivity index (χ2n) is 5.68. The van der Waals surface area contributed by atoms with Crippen molar-refractivity contribution in [1.29, 1.82) is 0 Å². The van der Waals surface area contributed by atoms with Crippen LogP contribution < -0.4 is 10.6 Å². The molecule has 5 heteroatoms. The fourth-order valence-electron chi connectivity index (χ4n) is 2.82. The molecule has 0 aromatic heterocycles. The zero-order valence-corrected chi connectivity index (χ0v) is 11.6. The van der Waals surface area contributed by atoms with Gasteiger partial charge in [-0.1, -0.05) is 0 Å². The van der Waals surface area contributed by atoms with Gasteiger partial charge in [0, 0.05) is 33.2 Å². The van der Waals surface area contributed by atoms with Crippen molar-refractivity contribution < 1.29 is 4.79 Å². The molecule has 2 fully saturated rings. The summed E-state index contributed by atoms with van der Waals surface area (Å²) in [5, 5.41) is 6.55. The lowest BCUT2D eigenvalue weighted by Crippen LogP contribution is -2.56. The summed E-state index contributed by atoms with van der Waals surface area (Å²) < 4.78 is 0. The van der Waals surface area contributed by atoms with E-state index < -0.39 is 0 Å². The quantitative estimate of drug-likeness (QED) is 0.702. The molecule has 1 amide bonds. The van der Waals surface area contributed by atoms with Crippen LogP contribution in [0.3, 0.4) is 0 Å². The van der Waals surface area contributed by atoms with E-state index in [2.05, 4.69) is 22.6 Å². The predicted octanol–water partition coefficient (Wildman–Crippen LogP) is -0.652. The molecule has 2 rings (SSSR count). The summed E-state index contributed by atoms with van der Waals surface area (Å²) in [6.45, 7) is 5.84. The number of nitrogens with zero attached hydrogens (tertiary/aromatic N) is 2. The number of hydrogen-bond acceptors (Lipinski definition) is 4. The molecule has 1 atom stereocenters. The third-order valence-electron chi connectivity index (χ3n) is 4.09. The van der Waals surface area contributed by atoms with Crippen molar-refractivity contribution in [2.75, 3.05) is 53.4 Å². The van der Waals surface area contributed by atoms with Gasteiger partial charge in [-0.25, -0.2) is 0 Å². The summed E-state index contributed by atoms with van der Waals surface area (Å²) in [5.74, 6) is 0.910. The Bertz CT molecular complexity index is 270. The van der Waals surface area contributed by atoms with Crippen molar-refractivity contribution in [3.8, 4) is 0 Å². The molecule has 2 aliphatic rings. The minimum Gasteiger partial charge on any atom is -0.344 e. The fraction of sp³-hybridized carbons (Fsp3) is 0.923. The van der Waals surface area contributed by atoms with Crippen molar-refractivity contribution >= 4 is 5.91 Å². The highest BCUT2D eigenvalue weighted by atomic mass is 16.2. The van der Waals surface area contributed by atoms with Gasteiger partial charge in [0.15, 0.2) is 0 Å². The Kier molecular flexibility index (Phi) is 4.97. The van der Waals surface area contributed by atoms with Crippen LogP contribution in [0.15, 0.2) is 0 Å². The van der Waals surface area contributed by atoms with Crippen molar-refractivity contribution in [3.63, 3.8) is 0 Å². The van der Waals surface area contributed by atoms with Gasteiger partial charge in [0.1, 0.15) is 0 Å². The van der Waals surface area contributed by atoms with Crippen molar-refractivity contribution in [3.05, 3.63) is 0 Å². The van der Waals surface area contributed by atoms with Crippen LogP contribution in [-0.4, -0.2) is 75.1 Å². The largest absolute Gasteiger partial charge is 0.344 e. The Morgan fingerprint density at radius 2 is 2.06 bits per heavy atom. The average Bonchev–Trinajstić information content (AvgIpc) is 2.41. The van der Waals surface area contributed by atoms with Crippen LogP contribution in [-0.2, 0) is 4.79 Å². The summed E-state index contributed by atoms with van der Waals surface area (Å²) in [7, 11) is 4.11. The number of carbonyl (C=O) groups excluding carboxylic acids is 1. The molecule has 0 aromatic rings. The number of likely N-dealkylation sites (tertiary alicyclic amines) is 1. The lowest BCUT2D eigenvalue weighted by molar-refractivity contribution is -0.133. The number of nitrogens with one attached hydrogen (secondary N) is 2. The van der Waals surface area contributed by atoms with Gasteiger partial charge >= 0.3 is 0 Å². The first kappa shape index (κ1) is 13.8. The molecule has 5 nitrogen and oxygen atoms in total. The number of carbonyl (C=O) groups is 1. The maximum absolute atomic E-state index is 12.2. The highest BCUT2D eigenvalue weighted by molar-refractivity contribution is 5.82. The van der Waals surface area contributed by atoms with Gasteiger partial charge < -0.3 is 20.4 Å². The lowest BCUT2D eigenvalue weighted by atomic mass is 9.96. The van der Waals surface area contributed by atoms with Gasteiger partial charge in [0.2, 0.25) is 5.91 Å². The predicted molar refractivity (Wildman–Crippen MR) is 72.5 cm³/mol. The highest BCUT2D eigenvalue weighted by Gasteiger charge is 2.26. The smallest absolute Gasteiger partial charge is 0.240 e. The third-order valence-corrected chi connectivity index (χ3v) is 4.09. The van der Waals surface area contributed by atoms with Gasteiger partial charge in [-0.15, -0.1) is 0 Å². The Morgan fingerprint density at radius 3 is 2.67 bits per heavy atom. The van der Waals surface area contributed by atoms with E-state index in [0.717, 1.165) is 39.3 Å². The topological polar surface area (TPSA) is 47.6 Å². The molecule has 2 aliphatic heterocycles. The van der Waals surface area contributed by atoms with E-state index in [1.807, 2.05) is 11.9 Å². The first-order valence-corrected chi connectivity index (χ1v) is 7.04. The normalized spacial score (nSPS) is 27.1. The average molecular weight is 254 g/mol. The van der Waals surface area contributed by atoms with Gasteiger partial charge in [-0.3, -0.25) is 4.79 Å². The number of hydrogen-bond donors (Lipinski definition) is 2. The Labute approximate surface area is 110 Å².